The van der Waals surface area contributed by atoms with Gasteiger partial charge in [-0.25, -0.2) is 0 Å². The summed E-state index contributed by atoms with van der Waals surface area (Å²) in [6, 6.07) is 0.572. The maximum atomic E-state index is 5.31. The molecule has 1 unspecified atom stereocenters. The summed E-state index contributed by atoms with van der Waals surface area (Å²) >= 11 is 0. The molecule has 0 amide bonds. The van der Waals surface area contributed by atoms with E-state index in [4.69, 9.17) is 4.74 Å². The predicted molar refractivity (Wildman–Crippen MR) is 58.0 cm³/mol. The second kappa shape index (κ2) is 8.27. The minimum atomic E-state index is 0.572. The highest BCUT2D eigenvalue weighted by atomic mass is 16.5. The van der Waals surface area contributed by atoms with Crippen LogP contribution in [-0.2, 0) is 4.74 Å². The molecule has 2 nitrogen and oxygen atoms in total. The number of ether oxygens (including phenoxy) is 1. The van der Waals surface area contributed by atoms with Gasteiger partial charge in [-0.2, -0.15) is 0 Å². The van der Waals surface area contributed by atoms with E-state index in [0.29, 0.717) is 6.04 Å². The number of rotatable bonds is 8. The lowest BCUT2D eigenvalue weighted by Gasteiger charge is -2.15. The molecule has 1 atom stereocenters. The zero-order valence-electron chi connectivity index (χ0n) is 9.23. The van der Waals surface area contributed by atoms with Crippen LogP contribution in [0, 0.1) is 0 Å². The normalized spacial score (nSPS) is 12.8. The molecular weight excluding hydrogens is 162 g/mol. The van der Waals surface area contributed by atoms with Crippen molar-refractivity contribution in [2.24, 2.45) is 0 Å². The molecule has 0 heterocycles. The van der Waals surface area contributed by atoms with Crippen molar-refractivity contribution in [3.05, 3.63) is 12.2 Å². The highest BCUT2D eigenvalue weighted by molar-refractivity contribution is 4.89. The standard InChI is InChI=1S/C11H23NO/c1-5-13-9-8-11(12-4)7-6-10(2)3/h11-12H,2,5-9H2,1,3-4H3. The fraction of sp³-hybridized carbons (Fsp3) is 0.818. The van der Waals surface area contributed by atoms with Crippen molar-refractivity contribution in [2.45, 2.75) is 39.2 Å². The van der Waals surface area contributed by atoms with Crippen molar-refractivity contribution in [1.82, 2.24) is 5.32 Å². The Kier molecular flexibility index (Phi) is 8.05. The quantitative estimate of drug-likeness (QED) is 0.463. The average Bonchev–Trinajstić information content (AvgIpc) is 2.10. The molecule has 0 saturated heterocycles. The first kappa shape index (κ1) is 12.7. The lowest BCUT2D eigenvalue weighted by atomic mass is 10.1. The van der Waals surface area contributed by atoms with Gasteiger partial charge < -0.3 is 10.1 Å². The average molecular weight is 185 g/mol. The van der Waals surface area contributed by atoms with Crippen molar-refractivity contribution < 1.29 is 4.74 Å². The first-order valence-electron chi connectivity index (χ1n) is 5.10. The van der Waals surface area contributed by atoms with Crippen LogP contribution >= 0.6 is 0 Å². The van der Waals surface area contributed by atoms with Gasteiger partial charge >= 0.3 is 0 Å². The summed E-state index contributed by atoms with van der Waals surface area (Å²) in [6.07, 6.45) is 3.37. The summed E-state index contributed by atoms with van der Waals surface area (Å²) in [7, 11) is 2.01. The van der Waals surface area contributed by atoms with Crippen LogP contribution in [0.3, 0.4) is 0 Å². The van der Waals surface area contributed by atoms with Gasteiger partial charge in [-0.3, -0.25) is 0 Å². The van der Waals surface area contributed by atoms with E-state index in [1.165, 1.54) is 12.0 Å². The predicted octanol–water partition coefficient (Wildman–Crippen LogP) is 2.36. The Labute approximate surface area is 82.4 Å². The lowest BCUT2D eigenvalue weighted by molar-refractivity contribution is 0.136. The van der Waals surface area contributed by atoms with Gasteiger partial charge in [0.1, 0.15) is 0 Å². The highest BCUT2D eigenvalue weighted by Crippen LogP contribution is 2.07. The first-order chi connectivity index (χ1) is 6.20. The van der Waals surface area contributed by atoms with Crippen molar-refractivity contribution >= 4 is 0 Å². The summed E-state index contributed by atoms with van der Waals surface area (Å²) in [6.45, 7) is 9.68. The smallest absolute Gasteiger partial charge is 0.0480 e. The van der Waals surface area contributed by atoms with Gasteiger partial charge in [0.05, 0.1) is 0 Å². The summed E-state index contributed by atoms with van der Waals surface area (Å²) in [5, 5.41) is 3.30. The van der Waals surface area contributed by atoms with E-state index in [0.717, 1.165) is 26.1 Å². The van der Waals surface area contributed by atoms with E-state index < -0.39 is 0 Å². The van der Waals surface area contributed by atoms with E-state index in [1.807, 2.05) is 14.0 Å². The topological polar surface area (TPSA) is 21.3 Å². The molecule has 0 aliphatic heterocycles. The third-order valence-corrected chi connectivity index (χ3v) is 2.14. The van der Waals surface area contributed by atoms with Crippen LogP contribution in [0.2, 0.25) is 0 Å². The fourth-order valence-corrected chi connectivity index (χ4v) is 1.22. The van der Waals surface area contributed by atoms with E-state index in [-0.39, 0.29) is 0 Å². The molecule has 78 valence electrons. The third-order valence-electron chi connectivity index (χ3n) is 2.14. The molecule has 0 spiro atoms. The van der Waals surface area contributed by atoms with E-state index in [1.54, 1.807) is 0 Å². The minimum Gasteiger partial charge on any atom is -0.382 e. The molecular formula is C11H23NO. The molecule has 0 rings (SSSR count). The number of nitrogens with one attached hydrogen (secondary N) is 1. The van der Waals surface area contributed by atoms with Crippen LogP contribution in [0.15, 0.2) is 12.2 Å². The van der Waals surface area contributed by atoms with Crippen molar-refractivity contribution in [2.75, 3.05) is 20.3 Å². The number of allylic oxidation sites excluding steroid dienone is 1. The molecule has 0 bridgehead atoms. The molecule has 0 aromatic heterocycles. The van der Waals surface area contributed by atoms with Crippen molar-refractivity contribution in [3.63, 3.8) is 0 Å². The monoisotopic (exact) mass is 185 g/mol. The Morgan fingerprint density at radius 2 is 2.15 bits per heavy atom. The Bertz CT molecular complexity index is 134. The Balaban J connectivity index is 3.45. The summed E-state index contributed by atoms with van der Waals surface area (Å²) in [5.74, 6) is 0. The van der Waals surface area contributed by atoms with Crippen molar-refractivity contribution in [3.8, 4) is 0 Å². The molecule has 0 fully saturated rings. The molecule has 0 aliphatic carbocycles. The van der Waals surface area contributed by atoms with E-state index in [9.17, 15) is 0 Å². The SMILES string of the molecule is C=C(C)CCC(CCOCC)NC. The van der Waals surface area contributed by atoms with E-state index in [2.05, 4.69) is 18.8 Å². The van der Waals surface area contributed by atoms with Gasteiger partial charge in [0.2, 0.25) is 0 Å². The molecule has 13 heavy (non-hydrogen) atoms. The van der Waals surface area contributed by atoms with E-state index >= 15 is 0 Å². The van der Waals surface area contributed by atoms with Crippen LogP contribution in [0.1, 0.15) is 33.1 Å². The Hall–Kier alpha value is -0.340. The summed E-state index contributed by atoms with van der Waals surface area (Å²) in [4.78, 5) is 0. The largest absolute Gasteiger partial charge is 0.382 e. The minimum absolute atomic E-state index is 0.572. The molecule has 0 radical (unpaired) electrons. The van der Waals surface area contributed by atoms with Crippen LogP contribution < -0.4 is 5.32 Å². The maximum Gasteiger partial charge on any atom is 0.0480 e. The maximum absolute atomic E-state index is 5.31. The molecule has 0 aromatic rings. The second-order valence-electron chi connectivity index (χ2n) is 3.47. The number of hydrogen-bond donors (Lipinski definition) is 1. The van der Waals surface area contributed by atoms with Crippen LogP contribution in [-0.4, -0.2) is 26.3 Å². The van der Waals surface area contributed by atoms with Crippen LogP contribution in [0.4, 0.5) is 0 Å². The molecule has 2 heteroatoms. The van der Waals surface area contributed by atoms with Gasteiger partial charge in [0.25, 0.3) is 0 Å². The molecule has 0 aromatic carbocycles. The van der Waals surface area contributed by atoms with Gasteiger partial charge in [-0.15, -0.1) is 6.58 Å². The van der Waals surface area contributed by atoms with Crippen molar-refractivity contribution in [1.29, 1.82) is 0 Å². The van der Waals surface area contributed by atoms with Gasteiger partial charge in [0.15, 0.2) is 0 Å². The van der Waals surface area contributed by atoms with Crippen LogP contribution in [0.5, 0.6) is 0 Å². The summed E-state index contributed by atoms with van der Waals surface area (Å²) in [5.41, 5.74) is 1.26. The second-order valence-corrected chi connectivity index (χ2v) is 3.47. The molecule has 0 aliphatic rings. The highest BCUT2D eigenvalue weighted by Gasteiger charge is 2.04. The zero-order valence-corrected chi connectivity index (χ0v) is 9.23. The fourth-order valence-electron chi connectivity index (χ4n) is 1.22. The van der Waals surface area contributed by atoms with Gasteiger partial charge in [0, 0.05) is 19.3 Å². The van der Waals surface area contributed by atoms with Crippen LogP contribution in [0.25, 0.3) is 0 Å². The van der Waals surface area contributed by atoms with Gasteiger partial charge in [-0.05, 0) is 40.2 Å². The third kappa shape index (κ3) is 8.00. The van der Waals surface area contributed by atoms with Gasteiger partial charge in [-0.1, -0.05) is 5.57 Å². The first-order valence-corrected chi connectivity index (χ1v) is 5.10. The molecule has 1 N–H and O–H groups in total. The molecule has 0 saturated carbocycles. The number of hydrogen-bond acceptors (Lipinski definition) is 2. The summed E-state index contributed by atoms with van der Waals surface area (Å²) < 4.78 is 5.31. The lowest BCUT2D eigenvalue weighted by Crippen LogP contribution is -2.26. The Morgan fingerprint density at radius 3 is 2.62 bits per heavy atom. The Morgan fingerprint density at radius 1 is 1.46 bits per heavy atom. The zero-order chi connectivity index (χ0) is 10.1.